The molecule has 1 heterocycles. The Hall–Kier alpha value is -2.64. The van der Waals surface area contributed by atoms with E-state index in [4.69, 9.17) is 4.18 Å². The average Bonchev–Trinajstić information content (AvgIpc) is 3.12. The number of amides is 1. The van der Waals surface area contributed by atoms with Gasteiger partial charge in [0.25, 0.3) is 0 Å². The second kappa shape index (κ2) is 8.37. The SMILES string of the molecule is CC(=O)NCCc1ccc(S(=O)(=O)Oc2ccccc2-c2ccccc2)s1. The van der Waals surface area contributed by atoms with Crippen LogP contribution in [0.3, 0.4) is 0 Å². The first-order chi connectivity index (χ1) is 13.0. The van der Waals surface area contributed by atoms with Gasteiger partial charge in [-0.05, 0) is 30.2 Å². The van der Waals surface area contributed by atoms with Gasteiger partial charge < -0.3 is 9.50 Å². The van der Waals surface area contributed by atoms with Gasteiger partial charge in [0, 0.05) is 23.9 Å². The van der Waals surface area contributed by atoms with Gasteiger partial charge in [0.15, 0.2) is 9.96 Å². The van der Waals surface area contributed by atoms with E-state index in [1.807, 2.05) is 42.5 Å². The molecule has 1 amide bonds. The number of thiophene rings is 1. The van der Waals surface area contributed by atoms with E-state index < -0.39 is 10.1 Å². The molecule has 0 atom stereocenters. The van der Waals surface area contributed by atoms with Crippen LogP contribution < -0.4 is 9.50 Å². The highest BCUT2D eigenvalue weighted by molar-refractivity contribution is 7.89. The highest BCUT2D eigenvalue weighted by atomic mass is 32.3. The van der Waals surface area contributed by atoms with E-state index in [0.717, 1.165) is 21.8 Å². The van der Waals surface area contributed by atoms with E-state index >= 15 is 0 Å². The van der Waals surface area contributed by atoms with Crippen LogP contribution in [0.5, 0.6) is 5.75 Å². The number of carbonyl (C=O) groups excluding carboxylic acids is 1. The lowest BCUT2D eigenvalue weighted by atomic mass is 10.1. The summed E-state index contributed by atoms with van der Waals surface area (Å²) in [6.07, 6.45) is 0.570. The molecule has 140 valence electrons. The Kier molecular flexibility index (Phi) is 5.93. The molecule has 0 radical (unpaired) electrons. The summed E-state index contributed by atoms with van der Waals surface area (Å²) in [7, 11) is -3.93. The number of nitrogens with one attached hydrogen (secondary N) is 1. The molecule has 3 aromatic rings. The number of para-hydroxylation sites is 1. The lowest BCUT2D eigenvalue weighted by molar-refractivity contribution is -0.118. The van der Waals surface area contributed by atoms with Crippen LogP contribution in [-0.2, 0) is 21.3 Å². The molecular formula is C20H19NO4S2. The van der Waals surface area contributed by atoms with Gasteiger partial charge in [-0.3, -0.25) is 4.79 Å². The van der Waals surface area contributed by atoms with Gasteiger partial charge >= 0.3 is 10.1 Å². The molecule has 0 saturated carbocycles. The molecule has 0 aliphatic rings. The first-order valence-electron chi connectivity index (χ1n) is 8.38. The summed E-state index contributed by atoms with van der Waals surface area (Å²) >= 11 is 1.15. The van der Waals surface area contributed by atoms with Gasteiger partial charge in [-0.2, -0.15) is 8.42 Å². The zero-order valence-electron chi connectivity index (χ0n) is 14.7. The molecule has 1 aromatic heterocycles. The first-order valence-corrected chi connectivity index (χ1v) is 10.6. The number of benzene rings is 2. The summed E-state index contributed by atoms with van der Waals surface area (Å²) in [5.74, 6) is 0.178. The predicted molar refractivity (Wildman–Crippen MR) is 106 cm³/mol. The second-order valence-electron chi connectivity index (χ2n) is 5.85. The Morgan fingerprint density at radius 2 is 1.70 bits per heavy atom. The number of hydrogen-bond donors (Lipinski definition) is 1. The van der Waals surface area contributed by atoms with Crippen molar-refractivity contribution in [3.8, 4) is 16.9 Å². The van der Waals surface area contributed by atoms with Crippen molar-refractivity contribution in [1.29, 1.82) is 0 Å². The van der Waals surface area contributed by atoms with E-state index in [-0.39, 0.29) is 15.9 Å². The smallest absolute Gasteiger partial charge is 0.348 e. The monoisotopic (exact) mass is 401 g/mol. The van der Waals surface area contributed by atoms with E-state index in [1.54, 1.807) is 18.2 Å². The van der Waals surface area contributed by atoms with Crippen LogP contribution in [0.1, 0.15) is 11.8 Å². The van der Waals surface area contributed by atoms with Crippen LogP contribution in [0, 0.1) is 0 Å². The fourth-order valence-electron chi connectivity index (χ4n) is 2.54. The Bertz CT molecular complexity index is 1030. The Morgan fingerprint density at radius 3 is 2.44 bits per heavy atom. The first kappa shape index (κ1) is 19.1. The predicted octanol–water partition coefficient (Wildman–Crippen LogP) is 3.86. The summed E-state index contributed by atoms with van der Waals surface area (Å²) in [4.78, 5) is 11.8. The van der Waals surface area contributed by atoms with Gasteiger partial charge in [-0.15, -0.1) is 11.3 Å². The molecule has 0 saturated heterocycles. The number of rotatable bonds is 7. The van der Waals surface area contributed by atoms with Crippen molar-refractivity contribution in [2.75, 3.05) is 6.54 Å². The van der Waals surface area contributed by atoms with Crippen molar-refractivity contribution >= 4 is 27.4 Å². The minimum absolute atomic E-state index is 0.111. The zero-order valence-corrected chi connectivity index (χ0v) is 16.3. The number of carbonyl (C=O) groups is 1. The third-order valence-corrected chi connectivity index (χ3v) is 6.63. The van der Waals surface area contributed by atoms with E-state index in [1.165, 1.54) is 13.0 Å². The van der Waals surface area contributed by atoms with Crippen molar-refractivity contribution in [2.45, 2.75) is 17.6 Å². The summed E-state index contributed by atoms with van der Waals surface area (Å²) < 4.78 is 31.0. The van der Waals surface area contributed by atoms with Crippen LogP contribution in [0.25, 0.3) is 11.1 Å². The maximum atomic E-state index is 12.7. The molecule has 0 bridgehead atoms. The topological polar surface area (TPSA) is 72.5 Å². The van der Waals surface area contributed by atoms with Crippen LogP contribution >= 0.6 is 11.3 Å². The van der Waals surface area contributed by atoms with Crippen LogP contribution in [0.4, 0.5) is 0 Å². The maximum absolute atomic E-state index is 12.7. The molecule has 1 N–H and O–H groups in total. The minimum atomic E-state index is -3.93. The van der Waals surface area contributed by atoms with Crippen LogP contribution in [0.15, 0.2) is 70.9 Å². The fourth-order valence-corrected chi connectivity index (χ4v) is 4.81. The van der Waals surface area contributed by atoms with E-state index in [2.05, 4.69) is 5.32 Å². The third kappa shape index (κ3) is 4.96. The molecule has 2 aromatic carbocycles. The van der Waals surface area contributed by atoms with Crippen molar-refractivity contribution in [3.63, 3.8) is 0 Å². The molecule has 0 aliphatic carbocycles. The maximum Gasteiger partial charge on any atom is 0.348 e. The van der Waals surface area contributed by atoms with Crippen molar-refractivity contribution in [3.05, 3.63) is 71.6 Å². The molecule has 7 heteroatoms. The Balaban J connectivity index is 1.80. The highest BCUT2D eigenvalue weighted by Gasteiger charge is 2.21. The highest BCUT2D eigenvalue weighted by Crippen LogP contribution is 2.33. The summed E-state index contributed by atoms with van der Waals surface area (Å²) in [6.45, 7) is 1.91. The molecule has 0 fully saturated rings. The lowest BCUT2D eigenvalue weighted by Crippen LogP contribution is -2.22. The third-order valence-electron chi connectivity index (χ3n) is 3.80. The minimum Gasteiger partial charge on any atom is -0.378 e. The van der Waals surface area contributed by atoms with Gasteiger partial charge in [-0.25, -0.2) is 0 Å². The Morgan fingerprint density at radius 1 is 1.00 bits per heavy atom. The fraction of sp³-hybridized carbons (Fsp3) is 0.150. The normalized spacial score (nSPS) is 11.1. The molecule has 0 spiro atoms. The van der Waals surface area contributed by atoms with E-state index in [0.29, 0.717) is 18.5 Å². The van der Waals surface area contributed by atoms with Crippen LogP contribution in [-0.4, -0.2) is 20.9 Å². The molecule has 0 unspecified atom stereocenters. The molecule has 0 aliphatic heterocycles. The molecule has 27 heavy (non-hydrogen) atoms. The van der Waals surface area contributed by atoms with E-state index in [9.17, 15) is 13.2 Å². The second-order valence-corrected chi connectivity index (χ2v) is 8.79. The zero-order chi connectivity index (χ0) is 19.3. The standard InChI is InChI=1S/C20H19NO4S2/c1-15(22)21-14-13-17-11-12-20(26-17)27(23,24)25-19-10-6-5-9-18(19)16-7-3-2-4-8-16/h2-12H,13-14H2,1H3,(H,21,22). The van der Waals surface area contributed by atoms with Gasteiger partial charge in [0.05, 0.1) is 0 Å². The van der Waals surface area contributed by atoms with Crippen LogP contribution in [0.2, 0.25) is 0 Å². The Labute approximate surface area is 162 Å². The van der Waals surface area contributed by atoms with Gasteiger partial charge in [0.2, 0.25) is 5.91 Å². The average molecular weight is 402 g/mol. The summed E-state index contributed by atoms with van der Waals surface area (Å²) in [5, 5.41) is 2.69. The van der Waals surface area contributed by atoms with Crippen molar-refractivity contribution in [1.82, 2.24) is 5.32 Å². The number of hydrogen-bond acceptors (Lipinski definition) is 5. The molecular weight excluding hydrogens is 382 g/mol. The largest absolute Gasteiger partial charge is 0.378 e. The van der Waals surface area contributed by atoms with Gasteiger partial charge in [0.1, 0.15) is 0 Å². The lowest BCUT2D eigenvalue weighted by Gasteiger charge is -2.10. The quantitative estimate of drug-likeness (QED) is 0.610. The summed E-state index contributed by atoms with van der Waals surface area (Å²) in [6, 6.07) is 19.8. The summed E-state index contributed by atoms with van der Waals surface area (Å²) in [5.41, 5.74) is 1.59. The molecule has 5 nitrogen and oxygen atoms in total. The van der Waals surface area contributed by atoms with Crippen molar-refractivity contribution < 1.29 is 17.4 Å². The van der Waals surface area contributed by atoms with Crippen molar-refractivity contribution in [2.24, 2.45) is 0 Å². The van der Waals surface area contributed by atoms with Gasteiger partial charge in [-0.1, -0.05) is 48.5 Å². The molecule has 3 rings (SSSR count).